The summed E-state index contributed by atoms with van der Waals surface area (Å²) in [6, 6.07) is 9.85. The predicted octanol–water partition coefficient (Wildman–Crippen LogP) is 3.50. The van der Waals surface area contributed by atoms with Gasteiger partial charge in [-0.3, -0.25) is 0 Å². The molecule has 0 aliphatic heterocycles. The maximum Gasteiger partial charge on any atom is 0.163 e. The SMILES string of the molecule is COc1ccc(-c2cc(COC3CC(N=C=S)C3)on2)cc1. The highest BCUT2D eigenvalue weighted by Crippen LogP contribution is 2.28. The number of benzene rings is 1. The fraction of sp³-hybridized carbons (Fsp3) is 0.375. The van der Waals surface area contributed by atoms with Gasteiger partial charge < -0.3 is 14.0 Å². The van der Waals surface area contributed by atoms with Crippen LogP contribution in [-0.4, -0.2) is 29.6 Å². The summed E-state index contributed by atoms with van der Waals surface area (Å²) in [6.45, 7) is 0.418. The molecule has 114 valence electrons. The maximum absolute atomic E-state index is 5.75. The first kappa shape index (κ1) is 14.9. The maximum atomic E-state index is 5.75. The van der Waals surface area contributed by atoms with Crippen LogP contribution in [0.1, 0.15) is 18.6 Å². The monoisotopic (exact) mass is 316 g/mol. The standard InChI is InChI=1S/C16H16N2O3S/c1-19-13-4-2-11(3-5-13)16-8-15(21-18-16)9-20-14-6-12(7-14)17-10-22/h2-5,8,12,14H,6-7,9H2,1H3. The molecule has 1 fully saturated rings. The normalized spacial score (nSPS) is 20.0. The predicted molar refractivity (Wildman–Crippen MR) is 85.1 cm³/mol. The molecule has 0 spiro atoms. The molecule has 1 aliphatic carbocycles. The smallest absolute Gasteiger partial charge is 0.163 e. The number of isothiocyanates is 1. The van der Waals surface area contributed by atoms with E-state index in [0.717, 1.165) is 29.8 Å². The number of methoxy groups -OCH3 is 1. The van der Waals surface area contributed by atoms with Crippen molar-refractivity contribution in [3.63, 3.8) is 0 Å². The van der Waals surface area contributed by atoms with Gasteiger partial charge in [0.2, 0.25) is 0 Å². The lowest BCUT2D eigenvalue weighted by Gasteiger charge is -2.31. The van der Waals surface area contributed by atoms with Crippen LogP contribution < -0.4 is 4.74 Å². The van der Waals surface area contributed by atoms with Gasteiger partial charge in [-0.15, -0.1) is 0 Å². The molecule has 0 atom stereocenters. The van der Waals surface area contributed by atoms with Crippen LogP contribution in [0.15, 0.2) is 39.8 Å². The summed E-state index contributed by atoms with van der Waals surface area (Å²) in [6.07, 6.45) is 2.00. The Bertz CT molecular complexity index is 671. The first-order chi connectivity index (χ1) is 10.8. The fourth-order valence-electron chi connectivity index (χ4n) is 2.33. The van der Waals surface area contributed by atoms with Gasteiger partial charge in [0, 0.05) is 11.6 Å². The minimum Gasteiger partial charge on any atom is -0.497 e. The number of aliphatic imine (C=N–C) groups is 1. The first-order valence-electron chi connectivity index (χ1n) is 7.07. The largest absolute Gasteiger partial charge is 0.497 e. The number of nitrogens with zero attached hydrogens (tertiary/aromatic N) is 2. The molecule has 0 bridgehead atoms. The summed E-state index contributed by atoms with van der Waals surface area (Å²) in [5.41, 5.74) is 1.77. The average Bonchev–Trinajstić information content (AvgIpc) is 2.98. The van der Waals surface area contributed by atoms with Crippen LogP contribution >= 0.6 is 12.2 Å². The Kier molecular flexibility index (Phi) is 4.63. The molecule has 1 heterocycles. The van der Waals surface area contributed by atoms with Crippen LogP contribution in [0.5, 0.6) is 5.75 Å². The molecule has 0 N–H and O–H groups in total. The van der Waals surface area contributed by atoms with Gasteiger partial charge in [-0.2, -0.15) is 0 Å². The number of aromatic nitrogens is 1. The summed E-state index contributed by atoms with van der Waals surface area (Å²) >= 11 is 4.58. The summed E-state index contributed by atoms with van der Waals surface area (Å²) in [4.78, 5) is 4.03. The summed E-state index contributed by atoms with van der Waals surface area (Å²) in [5, 5.41) is 6.48. The third kappa shape index (κ3) is 3.42. The van der Waals surface area contributed by atoms with Crippen LogP contribution in [-0.2, 0) is 11.3 Å². The van der Waals surface area contributed by atoms with E-state index >= 15 is 0 Å². The van der Waals surface area contributed by atoms with Gasteiger partial charge in [-0.1, -0.05) is 5.16 Å². The lowest BCUT2D eigenvalue weighted by molar-refractivity contribution is -0.0262. The lowest BCUT2D eigenvalue weighted by atomic mass is 9.90. The van der Waals surface area contributed by atoms with E-state index in [4.69, 9.17) is 14.0 Å². The Morgan fingerprint density at radius 2 is 2.14 bits per heavy atom. The molecule has 3 rings (SSSR count). The molecule has 1 aromatic carbocycles. The second-order valence-electron chi connectivity index (χ2n) is 5.19. The van der Waals surface area contributed by atoms with Crippen LogP contribution in [0.2, 0.25) is 0 Å². The van der Waals surface area contributed by atoms with E-state index in [9.17, 15) is 0 Å². The van der Waals surface area contributed by atoms with Crippen molar-refractivity contribution in [1.29, 1.82) is 0 Å². The van der Waals surface area contributed by atoms with Gasteiger partial charge in [0.25, 0.3) is 0 Å². The average molecular weight is 316 g/mol. The van der Waals surface area contributed by atoms with Crippen LogP contribution in [0.3, 0.4) is 0 Å². The highest BCUT2D eigenvalue weighted by molar-refractivity contribution is 7.78. The van der Waals surface area contributed by atoms with Gasteiger partial charge in [0.15, 0.2) is 5.76 Å². The third-order valence-corrected chi connectivity index (χ3v) is 3.82. The molecule has 5 nitrogen and oxygen atoms in total. The van der Waals surface area contributed by atoms with Crippen LogP contribution in [0, 0.1) is 0 Å². The van der Waals surface area contributed by atoms with Gasteiger partial charge in [-0.05, 0) is 49.3 Å². The van der Waals surface area contributed by atoms with E-state index in [1.165, 1.54) is 0 Å². The van der Waals surface area contributed by atoms with Crippen molar-refractivity contribution in [3.05, 3.63) is 36.1 Å². The van der Waals surface area contributed by atoms with Crippen molar-refractivity contribution >= 4 is 17.4 Å². The molecular formula is C16H16N2O3S. The number of hydrogen-bond acceptors (Lipinski definition) is 6. The van der Waals surface area contributed by atoms with Gasteiger partial charge in [0.05, 0.1) is 24.4 Å². The quantitative estimate of drug-likeness (QED) is 0.603. The fourth-order valence-corrected chi connectivity index (χ4v) is 2.48. The van der Waals surface area contributed by atoms with Gasteiger partial charge in [-0.25, -0.2) is 4.99 Å². The number of hydrogen-bond donors (Lipinski definition) is 0. The minimum atomic E-state index is 0.214. The molecule has 1 aromatic heterocycles. The molecule has 6 heteroatoms. The minimum absolute atomic E-state index is 0.214. The molecule has 1 saturated carbocycles. The van der Waals surface area contributed by atoms with Crippen molar-refractivity contribution in [2.24, 2.45) is 4.99 Å². The Morgan fingerprint density at radius 3 is 2.82 bits per heavy atom. The summed E-state index contributed by atoms with van der Waals surface area (Å²) < 4.78 is 16.2. The molecular weight excluding hydrogens is 300 g/mol. The summed E-state index contributed by atoms with van der Waals surface area (Å²) in [5.74, 6) is 1.53. The van der Waals surface area contributed by atoms with E-state index in [0.29, 0.717) is 12.4 Å². The number of rotatable bonds is 6. The molecule has 0 radical (unpaired) electrons. The van der Waals surface area contributed by atoms with Crippen LogP contribution in [0.4, 0.5) is 0 Å². The molecule has 1 aliphatic rings. The highest BCUT2D eigenvalue weighted by atomic mass is 32.1. The van der Waals surface area contributed by atoms with E-state index < -0.39 is 0 Å². The van der Waals surface area contributed by atoms with E-state index in [1.807, 2.05) is 30.3 Å². The topological polar surface area (TPSA) is 56.9 Å². The molecule has 0 unspecified atom stereocenters. The van der Waals surface area contributed by atoms with Crippen molar-refractivity contribution < 1.29 is 14.0 Å². The highest BCUT2D eigenvalue weighted by Gasteiger charge is 2.29. The Balaban J connectivity index is 1.54. The zero-order valence-electron chi connectivity index (χ0n) is 12.2. The lowest BCUT2D eigenvalue weighted by Crippen LogP contribution is -2.34. The van der Waals surface area contributed by atoms with Crippen molar-refractivity contribution in [2.45, 2.75) is 31.6 Å². The van der Waals surface area contributed by atoms with Gasteiger partial charge >= 0.3 is 0 Å². The Labute approximate surface area is 133 Å². The second kappa shape index (κ2) is 6.83. The zero-order chi connectivity index (χ0) is 15.4. The third-order valence-electron chi connectivity index (χ3n) is 3.71. The van der Waals surface area contributed by atoms with E-state index in [-0.39, 0.29) is 12.1 Å². The number of thiocarbonyl (C=S) groups is 1. The van der Waals surface area contributed by atoms with E-state index in [1.54, 1.807) is 7.11 Å². The zero-order valence-corrected chi connectivity index (χ0v) is 13.0. The van der Waals surface area contributed by atoms with Crippen LogP contribution in [0.25, 0.3) is 11.3 Å². The Hall–Kier alpha value is -2.01. The second-order valence-corrected chi connectivity index (χ2v) is 5.37. The number of ether oxygens (including phenoxy) is 2. The molecule has 22 heavy (non-hydrogen) atoms. The summed E-state index contributed by atoms with van der Waals surface area (Å²) in [7, 11) is 1.64. The first-order valence-corrected chi connectivity index (χ1v) is 7.48. The van der Waals surface area contributed by atoms with Crippen molar-refractivity contribution in [1.82, 2.24) is 5.16 Å². The van der Waals surface area contributed by atoms with Crippen molar-refractivity contribution in [3.8, 4) is 17.0 Å². The molecule has 0 saturated heterocycles. The molecule has 0 amide bonds. The molecule has 2 aromatic rings. The van der Waals surface area contributed by atoms with E-state index in [2.05, 4.69) is 27.5 Å². The van der Waals surface area contributed by atoms with Crippen molar-refractivity contribution in [2.75, 3.05) is 7.11 Å². The van der Waals surface area contributed by atoms with Gasteiger partial charge in [0.1, 0.15) is 18.1 Å². The Morgan fingerprint density at radius 1 is 1.36 bits per heavy atom.